The van der Waals surface area contributed by atoms with Gasteiger partial charge in [0.15, 0.2) is 5.78 Å². The van der Waals surface area contributed by atoms with Crippen LogP contribution in [0.3, 0.4) is 0 Å². The number of hydrogen-bond donors (Lipinski definition) is 1. The maximum Gasteiger partial charge on any atom is 0.379 e. The van der Waals surface area contributed by atoms with E-state index in [1.807, 2.05) is 42.5 Å². The first-order chi connectivity index (χ1) is 12.5. The van der Waals surface area contributed by atoms with Crippen molar-refractivity contribution in [1.82, 2.24) is 0 Å². The van der Waals surface area contributed by atoms with Crippen molar-refractivity contribution in [2.24, 2.45) is 0 Å². The molecular weight excluding hydrogens is 332 g/mol. The van der Waals surface area contributed by atoms with E-state index in [1.165, 1.54) is 7.11 Å². The van der Waals surface area contributed by atoms with Gasteiger partial charge in [-0.1, -0.05) is 42.5 Å². The maximum atomic E-state index is 12.6. The van der Waals surface area contributed by atoms with Gasteiger partial charge in [0, 0.05) is 30.8 Å². The number of rotatable bonds is 2. The lowest BCUT2D eigenvalue weighted by Crippen LogP contribution is -2.47. The minimum atomic E-state index is -2.07. The summed E-state index contributed by atoms with van der Waals surface area (Å²) in [5, 5.41) is 12.9. The Bertz CT molecular complexity index is 929. The Hall–Kier alpha value is -2.66. The number of ketones is 1. The molecule has 0 spiro atoms. The molecule has 0 aromatic heterocycles. The van der Waals surface area contributed by atoms with Gasteiger partial charge < -0.3 is 14.6 Å². The molecule has 1 aliphatic carbocycles. The van der Waals surface area contributed by atoms with E-state index in [2.05, 4.69) is 0 Å². The van der Waals surface area contributed by atoms with Crippen molar-refractivity contribution >= 4 is 22.5 Å². The van der Waals surface area contributed by atoms with Gasteiger partial charge in [-0.15, -0.1) is 0 Å². The highest BCUT2D eigenvalue weighted by molar-refractivity contribution is 5.99. The molecule has 5 heteroatoms. The summed E-state index contributed by atoms with van der Waals surface area (Å²) in [7, 11) is 1.21. The topological polar surface area (TPSA) is 72.8 Å². The minimum Gasteiger partial charge on any atom is -0.464 e. The molecule has 2 aliphatic rings. The molecule has 1 N–H and O–H groups in total. The Morgan fingerprint density at radius 3 is 2.73 bits per heavy atom. The molecule has 26 heavy (non-hydrogen) atoms. The molecule has 0 saturated heterocycles. The lowest BCUT2D eigenvalue weighted by molar-refractivity contribution is -0.222. The van der Waals surface area contributed by atoms with Crippen LogP contribution in [0.5, 0.6) is 0 Å². The molecule has 5 nitrogen and oxygen atoms in total. The van der Waals surface area contributed by atoms with Crippen LogP contribution in [-0.4, -0.2) is 29.8 Å². The number of allylic oxidation sites excluding steroid dienone is 2. The maximum absolute atomic E-state index is 12.6. The minimum absolute atomic E-state index is 0.0244. The second-order valence-electron chi connectivity index (χ2n) is 6.85. The number of methoxy groups -OCH3 is 1. The Kier molecular flexibility index (Phi) is 4.04. The number of ether oxygens (including phenoxy) is 2. The average molecular weight is 352 g/mol. The molecule has 0 fully saturated rings. The highest BCUT2D eigenvalue weighted by Gasteiger charge is 2.50. The molecule has 1 aliphatic heterocycles. The van der Waals surface area contributed by atoms with Gasteiger partial charge in [-0.25, -0.2) is 4.79 Å². The predicted octanol–water partition coefficient (Wildman–Crippen LogP) is 3.21. The van der Waals surface area contributed by atoms with E-state index >= 15 is 0 Å². The summed E-state index contributed by atoms with van der Waals surface area (Å²) in [6.45, 7) is 0. The molecule has 2 aromatic carbocycles. The lowest BCUT2D eigenvalue weighted by atomic mass is 9.77. The zero-order chi connectivity index (χ0) is 18.3. The van der Waals surface area contributed by atoms with Gasteiger partial charge in [0.25, 0.3) is 0 Å². The summed E-state index contributed by atoms with van der Waals surface area (Å²) in [6, 6.07) is 13.9. The molecule has 134 valence electrons. The third-order valence-corrected chi connectivity index (χ3v) is 5.21. The normalized spacial score (nSPS) is 25.6. The Labute approximate surface area is 151 Å². The van der Waals surface area contributed by atoms with Crippen LogP contribution in [0.4, 0.5) is 0 Å². The van der Waals surface area contributed by atoms with Gasteiger partial charge in [-0.05, 0) is 22.8 Å². The van der Waals surface area contributed by atoms with Crippen molar-refractivity contribution in [3.8, 4) is 0 Å². The number of hydrogen-bond acceptors (Lipinski definition) is 5. The first-order valence-corrected chi connectivity index (χ1v) is 8.76. The SMILES string of the molecule is COC(=O)C1(O)C[C@H](c2ccc3ccccc3c2)C2=C(CCCC2=O)O1. The fraction of sp³-hybridized carbons (Fsp3) is 0.333. The van der Waals surface area contributed by atoms with Crippen molar-refractivity contribution in [1.29, 1.82) is 0 Å². The summed E-state index contributed by atoms with van der Waals surface area (Å²) in [4.78, 5) is 24.7. The van der Waals surface area contributed by atoms with Crippen LogP contribution >= 0.6 is 0 Å². The number of fused-ring (bicyclic) bond motifs is 1. The summed E-state index contributed by atoms with van der Waals surface area (Å²) >= 11 is 0. The van der Waals surface area contributed by atoms with E-state index < -0.39 is 17.7 Å². The van der Waals surface area contributed by atoms with E-state index in [1.54, 1.807) is 0 Å². The van der Waals surface area contributed by atoms with Crippen LogP contribution in [0.1, 0.15) is 37.2 Å². The van der Waals surface area contributed by atoms with Gasteiger partial charge in [0.1, 0.15) is 5.76 Å². The number of Topliss-reactive ketones (excluding diaryl/α,β-unsaturated/α-hetero) is 1. The highest BCUT2D eigenvalue weighted by Crippen LogP contribution is 2.45. The molecule has 2 aromatic rings. The zero-order valence-corrected chi connectivity index (χ0v) is 14.5. The monoisotopic (exact) mass is 352 g/mol. The first-order valence-electron chi connectivity index (χ1n) is 8.76. The molecule has 2 atom stereocenters. The summed E-state index contributed by atoms with van der Waals surface area (Å²) in [6.07, 6.45) is 1.61. The van der Waals surface area contributed by atoms with Crippen LogP contribution in [0.15, 0.2) is 53.8 Å². The van der Waals surface area contributed by atoms with Crippen molar-refractivity contribution in [3.05, 3.63) is 59.4 Å². The molecular formula is C21H20O5. The Balaban J connectivity index is 1.84. The number of carbonyl (C=O) groups excluding carboxylic acids is 2. The van der Waals surface area contributed by atoms with Crippen molar-refractivity contribution in [2.75, 3.05) is 7.11 Å². The quantitative estimate of drug-likeness (QED) is 0.840. The van der Waals surface area contributed by atoms with Crippen LogP contribution < -0.4 is 0 Å². The third kappa shape index (κ3) is 2.69. The van der Waals surface area contributed by atoms with Crippen LogP contribution in [0.25, 0.3) is 10.8 Å². The Morgan fingerprint density at radius 1 is 1.19 bits per heavy atom. The molecule has 1 unspecified atom stereocenters. The van der Waals surface area contributed by atoms with E-state index in [9.17, 15) is 14.7 Å². The van der Waals surface area contributed by atoms with Crippen molar-refractivity contribution in [3.63, 3.8) is 0 Å². The van der Waals surface area contributed by atoms with E-state index in [4.69, 9.17) is 9.47 Å². The van der Waals surface area contributed by atoms with Crippen molar-refractivity contribution < 1.29 is 24.2 Å². The summed E-state index contributed by atoms with van der Waals surface area (Å²) in [5.74, 6) is -2.87. The van der Waals surface area contributed by atoms with Gasteiger partial charge in [-0.2, -0.15) is 0 Å². The molecule has 0 amide bonds. The van der Waals surface area contributed by atoms with Gasteiger partial charge >= 0.3 is 11.8 Å². The highest BCUT2D eigenvalue weighted by atomic mass is 16.7. The molecule has 0 radical (unpaired) electrons. The van der Waals surface area contributed by atoms with Gasteiger partial charge in [-0.3, -0.25) is 4.79 Å². The molecule has 4 rings (SSSR count). The van der Waals surface area contributed by atoms with Crippen molar-refractivity contribution in [2.45, 2.75) is 37.4 Å². The smallest absolute Gasteiger partial charge is 0.379 e. The first kappa shape index (κ1) is 16.8. The fourth-order valence-electron chi connectivity index (χ4n) is 3.95. The second kappa shape index (κ2) is 6.25. The average Bonchev–Trinajstić information content (AvgIpc) is 2.66. The predicted molar refractivity (Wildman–Crippen MR) is 95.2 cm³/mol. The number of aliphatic hydroxyl groups is 1. The van der Waals surface area contributed by atoms with Crippen LogP contribution in [0.2, 0.25) is 0 Å². The molecule has 0 bridgehead atoms. The standard InChI is InChI=1S/C21H20O5/c1-25-20(23)21(24)12-16(19-17(22)7-4-8-18(19)26-21)15-10-9-13-5-2-3-6-14(13)11-15/h2-3,5-6,9-11,16,24H,4,7-8,12H2,1H3/t16-,21?/m1/s1. The van der Waals surface area contributed by atoms with E-state index in [0.29, 0.717) is 30.6 Å². The van der Waals surface area contributed by atoms with E-state index in [-0.39, 0.29) is 12.2 Å². The fourth-order valence-corrected chi connectivity index (χ4v) is 3.95. The molecule has 1 heterocycles. The number of carbonyl (C=O) groups is 2. The van der Waals surface area contributed by atoms with E-state index in [0.717, 1.165) is 16.3 Å². The molecule has 0 saturated carbocycles. The largest absolute Gasteiger partial charge is 0.464 e. The second-order valence-corrected chi connectivity index (χ2v) is 6.85. The zero-order valence-electron chi connectivity index (χ0n) is 14.5. The summed E-state index contributed by atoms with van der Waals surface area (Å²) in [5.41, 5.74) is 1.47. The summed E-state index contributed by atoms with van der Waals surface area (Å²) < 4.78 is 10.3. The number of benzene rings is 2. The van der Waals surface area contributed by atoms with Gasteiger partial charge in [0.05, 0.1) is 7.11 Å². The van der Waals surface area contributed by atoms with Crippen LogP contribution in [-0.2, 0) is 19.1 Å². The van der Waals surface area contributed by atoms with Crippen LogP contribution in [0, 0.1) is 0 Å². The number of esters is 1. The third-order valence-electron chi connectivity index (χ3n) is 5.21. The van der Waals surface area contributed by atoms with Gasteiger partial charge in [0.2, 0.25) is 0 Å². The Morgan fingerprint density at radius 2 is 1.96 bits per heavy atom. The lowest BCUT2D eigenvalue weighted by Gasteiger charge is -2.39.